The maximum absolute atomic E-state index is 13.3. The van der Waals surface area contributed by atoms with E-state index in [1.165, 1.54) is 12.1 Å². The number of nitrogens with zero attached hydrogens (tertiary/aromatic N) is 1. The molecule has 1 aromatic heterocycles. The first kappa shape index (κ1) is 19.6. The molecule has 2 heterocycles. The Morgan fingerprint density at radius 2 is 1.90 bits per heavy atom. The molecule has 0 atom stereocenters. The molecule has 0 spiro atoms. The molecule has 4 nitrogen and oxygen atoms in total. The maximum atomic E-state index is 13.3. The van der Waals surface area contributed by atoms with Crippen molar-refractivity contribution in [1.29, 1.82) is 0 Å². The Bertz CT molecular complexity index is 1180. The first-order chi connectivity index (χ1) is 13.7. The summed E-state index contributed by atoms with van der Waals surface area (Å²) in [6.07, 6.45) is -1.20. The normalized spacial score (nSPS) is 16.1. The van der Waals surface area contributed by atoms with Gasteiger partial charge in [-0.1, -0.05) is 23.7 Å². The number of nitrogens with one attached hydrogen (secondary N) is 1. The lowest BCUT2D eigenvalue weighted by atomic mass is 10.1. The molecule has 0 radical (unpaired) electrons. The molecule has 2 aromatic carbocycles. The number of hydrogen-bond donors (Lipinski definition) is 1. The van der Waals surface area contributed by atoms with Gasteiger partial charge in [-0.3, -0.25) is 14.9 Å². The highest BCUT2D eigenvalue weighted by atomic mass is 35.5. The van der Waals surface area contributed by atoms with E-state index in [2.05, 4.69) is 5.32 Å². The highest BCUT2D eigenvalue weighted by molar-refractivity contribution is 8.18. The van der Waals surface area contributed by atoms with Gasteiger partial charge in [0.15, 0.2) is 0 Å². The number of hydrogen-bond acceptors (Lipinski definition) is 3. The van der Waals surface area contributed by atoms with E-state index in [1.54, 1.807) is 35.0 Å². The SMILES string of the molecule is O=C1NC(=O)C(=Cc2ccc3c(ccn3Cc3ccc(Cl)cc3C(F)(F)F)c2)S1. The van der Waals surface area contributed by atoms with Crippen molar-refractivity contribution in [1.82, 2.24) is 9.88 Å². The van der Waals surface area contributed by atoms with Crippen molar-refractivity contribution >= 4 is 51.5 Å². The van der Waals surface area contributed by atoms with Gasteiger partial charge in [-0.2, -0.15) is 13.2 Å². The molecule has 1 aliphatic rings. The number of carbonyl (C=O) groups is 2. The van der Waals surface area contributed by atoms with Crippen LogP contribution in [0.15, 0.2) is 53.6 Å². The minimum Gasteiger partial charge on any atom is -0.343 e. The largest absolute Gasteiger partial charge is 0.416 e. The van der Waals surface area contributed by atoms with Crippen LogP contribution in [-0.4, -0.2) is 15.7 Å². The van der Waals surface area contributed by atoms with Gasteiger partial charge in [0.25, 0.3) is 11.1 Å². The second kappa shape index (κ2) is 7.27. The zero-order valence-electron chi connectivity index (χ0n) is 14.6. The average Bonchev–Trinajstić information content (AvgIpc) is 3.18. The van der Waals surface area contributed by atoms with Crippen molar-refractivity contribution < 1.29 is 22.8 Å². The molecular weight excluding hydrogens is 425 g/mol. The van der Waals surface area contributed by atoms with E-state index in [-0.39, 0.29) is 17.1 Å². The third kappa shape index (κ3) is 4.04. The van der Waals surface area contributed by atoms with Crippen LogP contribution in [0.2, 0.25) is 5.02 Å². The number of amides is 2. The summed E-state index contributed by atoms with van der Waals surface area (Å²) in [7, 11) is 0. The molecule has 2 amide bonds. The number of thioether (sulfide) groups is 1. The van der Waals surface area contributed by atoms with Crippen LogP contribution in [0.4, 0.5) is 18.0 Å². The summed E-state index contributed by atoms with van der Waals surface area (Å²) in [5, 5.41) is 2.60. The van der Waals surface area contributed by atoms with Crippen molar-refractivity contribution in [3.63, 3.8) is 0 Å². The van der Waals surface area contributed by atoms with E-state index >= 15 is 0 Å². The van der Waals surface area contributed by atoms with E-state index in [0.29, 0.717) is 10.5 Å². The van der Waals surface area contributed by atoms with Crippen LogP contribution in [0.1, 0.15) is 16.7 Å². The van der Waals surface area contributed by atoms with Crippen LogP contribution in [-0.2, 0) is 17.5 Å². The summed E-state index contributed by atoms with van der Waals surface area (Å²) in [4.78, 5) is 23.2. The van der Waals surface area contributed by atoms with E-state index < -0.39 is 22.9 Å². The number of halogens is 4. The summed E-state index contributed by atoms with van der Waals surface area (Å²) in [5.41, 5.74) is 0.810. The zero-order valence-corrected chi connectivity index (χ0v) is 16.2. The number of rotatable bonds is 3. The van der Waals surface area contributed by atoms with Gasteiger partial charge in [0.05, 0.1) is 10.5 Å². The summed E-state index contributed by atoms with van der Waals surface area (Å²) in [6.45, 7) is 0.0305. The molecule has 9 heteroatoms. The highest BCUT2D eigenvalue weighted by Gasteiger charge is 2.33. The van der Waals surface area contributed by atoms with Crippen LogP contribution < -0.4 is 5.32 Å². The van der Waals surface area contributed by atoms with Crippen molar-refractivity contribution in [2.24, 2.45) is 0 Å². The molecule has 148 valence electrons. The molecule has 0 bridgehead atoms. The number of aromatic nitrogens is 1. The summed E-state index contributed by atoms with van der Waals surface area (Å²) >= 11 is 6.57. The lowest BCUT2D eigenvalue weighted by Crippen LogP contribution is -2.17. The standard InChI is InChI=1S/C20H12ClF3N2O2S/c21-14-3-2-13(15(9-14)20(22,23)24)10-26-6-5-12-7-11(1-4-16(12)26)8-17-18(27)25-19(28)29-17/h1-9H,10H2,(H,25,27,28). The van der Waals surface area contributed by atoms with Crippen LogP contribution in [0.25, 0.3) is 17.0 Å². The maximum Gasteiger partial charge on any atom is 0.416 e. The molecule has 0 aliphatic carbocycles. The molecule has 29 heavy (non-hydrogen) atoms. The minimum absolute atomic E-state index is 0.0305. The molecule has 4 rings (SSSR count). The number of carbonyl (C=O) groups excluding carboxylic acids is 2. The number of fused-ring (bicyclic) bond motifs is 1. The average molecular weight is 437 g/mol. The van der Waals surface area contributed by atoms with Crippen LogP contribution in [0.3, 0.4) is 0 Å². The first-order valence-corrected chi connectivity index (χ1v) is 9.59. The molecule has 1 saturated heterocycles. The van der Waals surface area contributed by atoms with Crippen molar-refractivity contribution in [2.75, 3.05) is 0 Å². The molecule has 0 saturated carbocycles. The Morgan fingerprint density at radius 3 is 2.59 bits per heavy atom. The van der Waals surface area contributed by atoms with Gasteiger partial charge >= 0.3 is 6.18 Å². The topological polar surface area (TPSA) is 51.1 Å². The minimum atomic E-state index is -4.50. The summed E-state index contributed by atoms with van der Waals surface area (Å²) in [6, 6.07) is 10.9. The Balaban J connectivity index is 1.67. The first-order valence-electron chi connectivity index (χ1n) is 8.40. The van der Waals surface area contributed by atoms with E-state index in [4.69, 9.17) is 11.6 Å². The molecule has 1 fully saturated rings. The van der Waals surface area contributed by atoms with Gasteiger partial charge in [0.1, 0.15) is 0 Å². The summed E-state index contributed by atoms with van der Waals surface area (Å²) < 4.78 is 41.7. The monoisotopic (exact) mass is 436 g/mol. The molecule has 3 aromatic rings. The second-order valence-corrected chi connectivity index (χ2v) is 7.86. The van der Waals surface area contributed by atoms with Gasteiger partial charge in [-0.25, -0.2) is 0 Å². The van der Waals surface area contributed by atoms with E-state index in [9.17, 15) is 22.8 Å². The Labute approximate surface area is 172 Å². The van der Waals surface area contributed by atoms with Crippen LogP contribution >= 0.6 is 23.4 Å². The number of benzene rings is 2. The Kier molecular flexibility index (Phi) is 4.92. The fourth-order valence-corrected chi connectivity index (χ4v) is 4.01. The fraction of sp³-hybridized carbons (Fsp3) is 0.100. The summed E-state index contributed by atoms with van der Waals surface area (Å²) in [5.74, 6) is -0.444. The highest BCUT2D eigenvalue weighted by Crippen LogP contribution is 2.35. The zero-order chi connectivity index (χ0) is 20.8. The molecule has 1 N–H and O–H groups in total. The predicted molar refractivity (Wildman–Crippen MR) is 107 cm³/mol. The molecular formula is C20H12ClF3N2O2S. The lowest BCUT2D eigenvalue weighted by Gasteiger charge is -2.14. The number of alkyl halides is 3. The van der Waals surface area contributed by atoms with Gasteiger partial charge in [0.2, 0.25) is 0 Å². The van der Waals surface area contributed by atoms with E-state index in [0.717, 1.165) is 28.7 Å². The predicted octanol–water partition coefficient (Wildman–Crippen LogP) is 5.69. The van der Waals surface area contributed by atoms with Crippen molar-refractivity contribution in [3.8, 4) is 0 Å². The lowest BCUT2D eigenvalue weighted by molar-refractivity contribution is -0.138. The quantitative estimate of drug-likeness (QED) is 0.537. The third-order valence-electron chi connectivity index (χ3n) is 4.45. The van der Waals surface area contributed by atoms with Crippen molar-refractivity contribution in [3.05, 3.63) is 75.3 Å². The van der Waals surface area contributed by atoms with Gasteiger partial charge in [0, 0.05) is 28.7 Å². The van der Waals surface area contributed by atoms with Crippen LogP contribution in [0, 0.1) is 0 Å². The van der Waals surface area contributed by atoms with Crippen molar-refractivity contribution in [2.45, 2.75) is 12.7 Å². The smallest absolute Gasteiger partial charge is 0.343 e. The fourth-order valence-electron chi connectivity index (χ4n) is 3.15. The van der Waals surface area contributed by atoms with Crippen LogP contribution in [0.5, 0.6) is 0 Å². The number of imide groups is 1. The molecule has 1 aliphatic heterocycles. The van der Waals surface area contributed by atoms with E-state index in [1.807, 2.05) is 6.07 Å². The van der Waals surface area contributed by atoms with Gasteiger partial charge < -0.3 is 4.57 Å². The van der Waals surface area contributed by atoms with Gasteiger partial charge in [-0.15, -0.1) is 0 Å². The third-order valence-corrected chi connectivity index (χ3v) is 5.50. The molecule has 0 unspecified atom stereocenters. The Hall–Kier alpha value is -2.71. The Morgan fingerprint density at radius 1 is 1.10 bits per heavy atom. The van der Waals surface area contributed by atoms with Gasteiger partial charge in [-0.05, 0) is 59.3 Å². The second-order valence-electron chi connectivity index (χ2n) is 6.41.